The quantitative estimate of drug-likeness (QED) is 0.832. The second-order valence-corrected chi connectivity index (χ2v) is 7.48. The molecule has 7 nitrogen and oxygen atoms in total. The van der Waals surface area contributed by atoms with Crippen LogP contribution < -0.4 is 15.5 Å². The summed E-state index contributed by atoms with van der Waals surface area (Å²) in [5.41, 5.74) is 3.04. The van der Waals surface area contributed by atoms with Gasteiger partial charge in [-0.05, 0) is 49.9 Å². The number of hydrogen-bond donors (Lipinski definition) is 2. The Kier molecular flexibility index (Phi) is 6.68. The third-order valence-electron chi connectivity index (χ3n) is 5.12. The topological polar surface area (TPSA) is 73.4 Å². The fraction of sp³-hybridized carbons (Fsp3) is 0.476. The molecular weight excluding hydrogens is 352 g/mol. The molecular formula is C21H30N6O. The van der Waals surface area contributed by atoms with Crippen LogP contribution in [0, 0.1) is 6.92 Å². The van der Waals surface area contributed by atoms with Gasteiger partial charge in [-0.15, -0.1) is 0 Å². The third-order valence-corrected chi connectivity index (χ3v) is 5.12. The lowest BCUT2D eigenvalue weighted by Crippen LogP contribution is -2.40. The van der Waals surface area contributed by atoms with E-state index in [1.807, 2.05) is 55.2 Å². The number of nitrogens with zero attached hydrogens (tertiary/aromatic N) is 4. The van der Waals surface area contributed by atoms with Gasteiger partial charge in [0.25, 0.3) is 0 Å². The zero-order valence-corrected chi connectivity index (χ0v) is 17.0. The SMILES string of the molecule is Cc1cccnc1CNC(=O)N1CCCC(Nc2ccc(N(C)C)nc2)CC1. The molecule has 2 amide bonds. The van der Waals surface area contributed by atoms with Crippen molar-refractivity contribution in [2.45, 2.75) is 38.8 Å². The molecule has 1 saturated heterocycles. The first-order valence-electron chi connectivity index (χ1n) is 9.86. The van der Waals surface area contributed by atoms with Crippen molar-refractivity contribution in [2.75, 3.05) is 37.4 Å². The second-order valence-electron chi connectivity index (χ2n) is 7.48. The van der Waals surface area contributed by atoms with Crippen LogP contribution in [-0.2, 0) is 6.54 Å². The van der Waals surface area contributed by atoms with Crippen LogP contribution in [0.3, 0.4) is 0 Å². The highest BCUT2D eigenvalue weighted by molar-refractivity contribution is 5.74. The molecule has 1 unspecified atom stereocenters. The molecule has 2 N–H and O–H groups in total. The van der Waals surface area contributed by atoms with Gasteiger partial charge < -0.3 is 20.4 Å². The molecule has 1 fully saturated rings. The average molecular weight is 383 g/mol. The number of aromatic nitrogens is 2. The number of nitrogens with one attached hydrogen (secondary N) is 2. The van der Waals surface area contributed by atoms with Gasteiger partial charge >= 0.3 is 6.03 Å². The number of anilines is 2. The molecule has 0 aromatic carbocycles. The van der Waals surface area contributed by atoms with Crippen LogP contribution in [0.5, 0.6) is 0 Å². The van der Waals surface area contributed by atoms with Crippen LogP contribution in [-0.4, -0.2) is 54.1 Å². The molecule has 2 aromatic heterocycles. The van der Waals surface area contributed by atoms with Gasteiger partial charge in [0.05, 0.1) is 24.1 Å². The van der Waals surface area contributed by atoms with E-state index in [2.05, 4.69) is 26.7 Å². The van der Waals surface area contributed by atoms with Gasteiger partial charge in [0.15, 0.2) is 0 Å². The Morgan fingerprint density at radius 3 is 2.79 bits per heavy atom. The summed E-state index contributed by atoms with van der Waals surface area (Å²) in [4.78, 5) is 25.2. The standard InChI is InChI=1S/C21H30N6O/c1-16-6-4-11-22-19(16)15-24-21(28)27-12-5-7-17(10-13-27)25-18-8-9-20(23-14-18)26(2)3/h4,6,8-9,11,14,17,25H,5,7,10,12-13,15H2,1-3H3,(H,24,28). The summed E-state index contributed by atoms with van der Waals surface area (Å²) in [6.07, 6.45) is 6.58. The molecule has 3 heterocycles. The smallest absolute Gasteiger partial charge is 0.317 e. The third kappa shape index (κ3) is 5.34. The van der Waals surface area contributed by atoms with Gasteiger partial charge in [-0.1, -0.05) is 6.07 Å². The molecule has 0 spiro atoms. The van der Waals surface area contributed by atoms with E-state index in [1.54, 1.807) is 6.20 Å². The molecule has 1 aliphatic heterocycles. The van der Waals surface area contributed by atoms with Crippen molar-refractivity contribution in [3.63, 3.8) is 0 Å². The number of aryl methyl sites for hydroxylation is 1. The van der Waals surface area contributed by atoms with Gasteiger partial charge in [-0.2, -0.15) is 0 Å². The first kappa shape index (κ1) is 19.9. The second kappa shape index (κ2) is 9.39. The monoisotopic (exact) mass is 382 g/mol. The van der Waals surface area contributed by atoms with Crippen molar-refractivity contribution in [3.8, 4) is 0 Å². The minimum absolute atomic E-state index is 0.0114. The van der Waals surface area contributed by atoms with Gasteiger partial charge in [0, 0.05) is 39.4 Å². The van der Waals surface area contributed by atoms with Crippen LogP contribution >= 0.6 is 0 Å². The van der Waals surface area contributed by atoms with E-state index in [0.717, 1.165) is 55.1 Å². The van der Waals surface area contributed by atoms with Crippen molar-refractivity contribution >= 4 is 17.5 Å². The summed E-state index contributed by atoms with van der Waals surface area (Å²) in [6, 6.07) is 8.33. The number of hydrogen-bond acceptors (Lipinski definition) is 5. The largest absolute Gasteiger partial charge is 0.381 e. The highest BCUT2D eigenvalue weighted by Crippen LogP contribution is 2.18. The first-order chi connectivity index (χ1) is 13.5. The number of carbonyl (C=O) groups is 1. The van der Waals surface area contributed by atoms with Crippen LogP contribution in [0.4, 0.5) is 16.3 Å². The summed E-state index contributed by atoms with van der Waals surface area (Å²) >= 11 is 0. The van der Waals surface area contributed by atoms with E-state index in [1.165, 1.54) is 0 Å². The van der Waals surface area contributed by atoms with Crippen molar-refractivity contribution < 1.29 is 4.79 Å². The van der Waals surface area contributed by atoms with E-state index in [0.29, 0.717) is 12.6 Å². The number of urea groups is 1. The minimum Gasteiger partial charge on any atom is -0.381 e. The van der Waals surface area contributed by atoms with E-state index < -0.39 is 0 Å². The fourth-order valence-corrected chi connectivity index (χ4v) is 3.39. The number of amides is 2. The number of pyridine rings is 2. The van der Waals surface area contributed by atoms with E-state index in [9.17, 15) is 4.79 Å². The predicted octanol–water partition coefficient (Wildman–Crippen LogP) is 3.03. The van der Waals surface area contributed by atoms with Crippen molar-refractivity contribution in [2.24, 2.45) is 0 Å². The molecule has 3 rings (SSSR count). The molecule has 2 aromatic rings. The van der Waals surface area contributed by atoms with Crippen LogP contribution in [0.2, 0.25) is 0 Å². The predicted molar refractivity (Wildman–Crippen MR) is 113 cm³/mol. The number of carbonyl (C=O) groups excluding carboxylic acids is 1. The maximum Gasteiger partial charge on any atom is 0.317 e. The van der Waals surface area contributed by atoms with Crippen molar-refractivity contribution in [1.82, 2.24) is 20.2 Å². The normalized spacial score (nSPS) is 17.0. The summed E-state index contributed by atoms with van der Waals surface area (Å²) in [5.74, 6) is 0.942. The van der Waals surface area contributed by atoms with Crippen molar-refractivity contribution in [1.29, 1.82) is 0 Å². The molecule has 1 aliphatic rings. The molecule has 28 heavy (non-hydrogen) atoms. The van der Waals surface area contributed by atoms with Gasteiger partial charge in [0.2, 0.25) is 0 Å². The average Bonchev–Trinajstić information content (AvgIpc) is 2.93. The van der Waals surface area contributed by atoms with E-state index >= 15 is 0 Å². The molecule has 0 bridgehead atoms. The Balaban J connectivity index is 1.48. The Labute approximate surface area is 167 Å². The molecule has 7 heteroatoms. The fourth-order valence-electron chi connectivity index (χ4n) is 3.39. The highest BCUT2D eigenvalue weighted by atomic mass is 16.2. The summed E-state index contributed by atoms with van der Waals surface area (Å²) in [7, 11) is 3.96. The maximum absolute atomic E-state index is 12.6. The van der Waals surface area contributed by atoms with Gasteiger partial charge in [-0.3, -0.25) is 4.98 Å². The number of rotatable bonds is 5. The van der Waals surface area contributed by atoms with Crippen LogP contribution in [0.15, 0.2) is 36.7 Å². The first-order valence-corrected chi connectivity index (χ1v) is 9.86. The zero-order valence-electron chi connectivity index (χ0n) is 17.0. The van der Waals surface area contributed by atoms with Crippen LogP contribution in [0.25, 0.3) is 0 Å². The van der Waals surface area contributed by atoms with E-state index in [-0.39, 0.29) is 6.03 Å². The van der Waals surface area contributed by atoms with Crippen LogP contribution in [0.1, 0.15) is 30.5 Å². The Morgan fingerprint density at radius 1 is 1.21 bits per heavy atom. The maximum atomic E-state index is 12.6. The molecule has 1 atom stereocenters. The lowest BCUT2D eigenvalue weighted by molar-refractivity contribution is 0.199. The zero-order chi connectivity index (χ0) is 19.9. The molecule has 0 aliphatic carbocycles. The summed E-state index contributed by atoms with van der Waals surface area (Å²) in [5, 5.41) is 6.57. The Hall–Kier alpha value is -2.83. The highest BCUT2D eigenvalue weighted by Gasteiger charge is 2.20. The Bertz CT molecular complexity index is 777. The van der Waals surface area contributed by atoms with Gasteiger partial charge in [-0.25, -0.2) is 9.78 Å². The number of likely N-dealkylation sites (tertiary alicyclic amines) is 1. The van der Waals surface area contributed by atoms with Crippen molar-refractivity contribution in [3.05, 3.63) is 47.9 Å². The molecule has 0 saturated carbocycles. The van der Waals surface area contributed by atoms with Gasteiger partial charge in [0.1, 0.15) is 5.82 Å². The minimum atomic E-state index is -0.0114. The van der Waals surface area contributed by atoms with E-state index in [4.69, 9.17) is 0 Å². The summed E-state index contributed by atoms with van der Waals surface area (Å²) < 4.78 is 0. The lowest BCUT2D eigenvalue weighted by atomic mass is 10.1. The molecule has 0 radical (unpaired) electrons. The Morgan fingerprint density at radius 2 is 2.07 bits per heavy atom. The lowest BCUT2D eigenvalue weighted by Gasteiger charge is -2.22. The molecule has 150 valence electrons. The summed E-state index contributed by atoms with van der Waals surface area (Å²) in [6.45, 7) is 4.00.